The molecular formula is C12H18FNO. The maximum absolute atomic E-state index is 12.6. The fraction of sp³-hybridized carbons (Fsp3) is 0.500. The van der Waals surface area contributed by atoms with E-state index in [0.29, 0.717) is 18.4 Å². The molecule has 1 rings (SSSR count). The molecule has 0 aliphatic rings. The minimum Gasteiger partial charge on any atom is -0.492 e. The van der Waals surface area contributed by atoms with Crippen LogP contribution in [0.3, 0.4) is 0 Å². The number of ether oxygens (including phenoxy) is 1. The van der Waals surface area contributed by atoms with Crippen LogP contribution in [-0.4, -0.2) is 18.7 Å². The summed E-state index contributed by atoms with van der Waals surface area (Å²) in [5.41, 5.74) is 0. The first-order chi connectivity index (χ1) is 7.08. The van der Waals surface area contributed by atoms with Crippen LogP contribution in [0.1, 0.15) is 20.8 Å². The number of rotatable bonds is 5. The molecule has 0 amide bonds. The second-order valence-corrected chi connectivity index (χ2v) is 3.99. The van der Waals surface area contributed by atoms with Crippen LogP contribution in [0.2, 0.25) is 0 Å². The molecule has 0 fully saturated rings. The second kappa shape index (κ2) is 5.71. The molecule has 0 radical (unpaired) electrons. The van der Waals surface area contributed by atoms with Crippen molar-refractivity contribution in [3.8, 4) is 5.75 Å². The first-order valence-electron chi connectivity index (χ1n) is 5.22. The summed E-state index contributed by atoms with van der Waals surface area (Å²) in [4.78, 5) is 0. The zero-order valence-corrected chi connectivity index (χ0v) is 9.46. The minimum absolute atomic E-state index is 0.240. The maximum Gasteiger partial charge on any atom is 0.123 e. The Hall–Kier alpha value is -1.09. The lowest BCUT2D eigenvalue weighted by Crippen LogP contribution is -2.36. The fourth-order valence-corrected chi connectivity index (χ4v) is 1.37. The van der Waals surface area contributed by atoms with Crippen molar-refractivity contribution in [1.29, 1.82) is 0 Å². The van der Waals surface area contributed by atoms with Gasteiger partial charge in [-0.1, -0.05) is 13.8 Å². The van der Waals surface area contributed by atoms with Gasteiger partial charge < -0.3 is 10.1 Å². The molecule has 84 valence electrons. The molecule has 1 N–H and O–H groups in total. The highest BCUT2D eigenvalue weighted by molar-refractivity contribution is 5.22. The topological polar surface area (TPSA) is 21.3 Å². The van der Waals surface area contributed by atoms with Gasteiger partial charge in [-0.05, 0) is 31.2 Å². The first kappa shape index (κ1) is 12.0. The summed E-state index contributed by atoms with van der Waals surface area (Å²) in [5, 5.41) is 3.33. The van der Waals surface area contributed by atoms with Gasteiger partial charge in [0.1, 0.15) is 18.2 Å². The average molecular weight is 211 g/mol. The molecule has 1 aromatic carbocycles. The van der Waals surface area contributed by atoms with E-state index in [1.165, 1.54) is 12.1 Å². The molecule has 0 saturated carbocycles. The van der Waals surface area contributed by atoms with E-state index in [1.54, 1.807) is 12.1 Å². The molecule has 0 aliphatic heterocycles. The highest BCUT2D eigenvalue weighted by atomic mass is 19.1. The Morgan fingerprint density at radius 3 is 2.33 bits per heavy atom. The summed E-state index contributed by atoms with van der Waals surface area (Å²) in [5.74, 6) is 0.463. The van der Waals surface area contributed by atoms with Crippen molar-refractivity contribution in [3.63, 3.8) is 0 Å². The van der Waals surface area contributed by atoms with Crippen molar-refractivity contribution in [1.82, 2.24) is 5.32 Å². The van der Waals surface area contributed by atoms with Gasteiger partial charge in [0.15, 0.2) is 0 Å². The molecule has 3 heteroatoms. The van der Waals surface area contributed by atoms with Gasteiger partial charge in [-0.2, -0.15) is 0 Å². The zero-order chi connectivity index (χ0) is 11.3. The Balaban J connectivity index is 2.33. The molecule has 1 unspecified atom stereocenters. The predicted molar refractivity (Wildman–Crippen MR) is 59.6 cm³/mol. The van der Waals surface area contributed by atoms with Gasteiger partial charge in [0, 0.05) is 12.1 Å². The van der Waals surface area contributed by atoms with Crippen LogP contribution < -0.4 is 10.1 Å². The molecule has 0 saturated heterocycles. The van der Waals surface area contributed by atoms with Gasteiger partial charge in [0.25, 0.3) is 0 Å². The van der Waals surface area contributed by atoms with Crippen LogP contribution in [-0.2, 0) is 0 Å². The van der Waals surface area contributed by atoms with Crippen molar-refractivity contribution in [2.75, 3.05) is 6.61 Å². The second-order valence-electron chi connectivity index (χ2n) is 3.99. The van der Waals surface area contributed by atoms with Gasteiger partial charge in [-0.15, -0.1) is 0 Å². The van der Waals surface area contributed by atoms with E-state index in [0.717, 1.165) is 0 Å². The summed E-state index contributed by atoms with van der Waals surface area (Å²) >= 11 is 0. The number of benzene rings is 1. The number of nitrogens with one attached hydrogen (secondary N) is 1. The van der Waals surface area contributed by atoms with Gasteiger partial charge in [0.05, 0.1) is 0 Å². The van der Waals surface area contributed by atoms with E-state index in [4.69, 9.17) is 4.74 Å². The van der Waals surface area contributed by atoms with E-state index in [2.05, 4.69) is 26.1 Å². The van der Waals surface area contributed by atoms with Gasteiger partial charge in [0.2, 0.25) is 0 Å². The summed E-state index contributed by atoms with van der Waals surface area (Å²) < 4.78 is 18.1. The van der Waals surface area contributed by atoms with Crippen LogP contribution in [0.25, 0.3) is 0 Å². The van der Waals surface area contributed by atoms with Crippen molar-refractivity contribution in [3.05, 3.63) is 30.1 Å². The SMILES string of the molecule is CC(C)NC(C)COc1ccc(F)cc1. The molecule has 1 atom stereocenters. The monoisotopic (exact) mass is 211 g/mol. The van der Waals surface area contributed by atoms with E-state index in [9.17, 15) is 4.39 Å². The third-order valence-corrected chi connectivity index (χ3v) is 1.93. The summed E-state index contributed by atoms with van der Waals surface area (Å²) in [6, 6.07) is 6.80. The van der Waals surface area contributed by atoms with Crippen molar-refractivity contribution < 1.29 is 9.13 Å². The first-order valence-corrected chi connectivity index (χ1v) is 5.22. The molecular weight excluding hydrogens is 193 g/mol. The molecule has 0 bridgehead atoms. The van der Waals surface area contributed by atoms with Gasteiger partial charge in [-0.3, -0.25) is 0 Å². The van der Waals surface area contributed by atoms with Crippen LogP contribution >= 0.6 is 0 Å². The average Bonchev–Trinajstić information content (AvgIpc) is 2.16. The van der Waals surface area contributed by atoms with Crippen molar-refractivity contribution in [2.24, 2.45) is 0 Å². The summed E-state index contributed by atoms with van der Waals surface area (Å²) in [7, 11) is 0. The Morgan fingerprint density at radius 1 is 1.20 bits per heavy atom. The van der Waals surface area contributed by atoms with Crippen LogP contribution in [0.15, 0.2) is 24.3 Å². The lowest BCUT2D eigenvalue weighted by atomic mass is 10.3. The lowest BCUT2D eigenvalue weighted by Gasteiger charge is -2.17. The van der Waals surface area contributed by atoms with Crippen molar-refractivity contribution in [2.45, 2.75) is 32.9 Å². The van der Waals surface area contributed by atoms with E-state index < -0.39 is 0 Å². The number of hydrogen-bond acceptors (Lipinski definition) is 2. The molecule has 2 nitrogen and oxygen atoms in total. The van der Waals surface area contributed by atoms with Crippen molar-refractivity contribution >= 4 is 0 Å². The third-order valence-electron chi connectivity index (χ3n) is 1.93. The predicted octanol–water partition coefficient (Wildman–Crippen LogP) is 2.59. The van der Waals surface area contributed by atoms with Gasteiger partial charge in [-0.25, -0.2) is 4.39 Å². The Bertz CT molecular complexity index is 284. The highest BCUT2D eigenvalue weighted by Crippen LogP contribution is 2.11. The Morgan fingerprint density at radius 2 is 1.80 bits per heavy atom. The maximum atomic E-state index is 12.6. The smallest absolute Gasteiger partial charge is 0.123 e. The Kier molecular flexibility index (Phi) is 4.56. The third kappa shape index (κ3) is 4.79. The summed E-state index contributed by atoms with van der Waals surface area (Å²) in [6.45, 7) is 6.83. The number of halogens is 1. The quantitative estimate of drug-likeness (QED) is 0.808. The standard InChI is InChI=1S/C12H18FNO/c1-9(2)14-10(3)8-15-12-6-4-11(13)5-7-12/h4-7,9-10,14H,8H2,1-3H3. The van der Waals surface area contributed by atoms with Crippen LogP contribution in [0.5, 0.6) is 5.75 Å². The largest absolute Gasteiger partial charge is 0.492 e. The van der Waals surface area contributed by atoms with E-state index in [-0.39, 0.29) is 11.9 Å². The zero-order valence-electron chi connectivity index (χ0n) is 9.46. The van der Waals surface area contributed by atoms with Crippen LogP contribution in [0, 0.1) is 5.82 Å². The molecule has 0 aliphatic carbocycles. The molecule has 1 aromatic rings. The number of hydrogen-bond donors (Lipinski definition) is 1. The molecule has 15 heavy (non-hydrogen) atoms. The fourth-order valence-electron chi connectivity index (χ4n) is 1.37. The normalized spacial score (nSPS) is 12.9. The van der Waals surface area contributed by atoms with E-state index >= 15 is 0 Å². The highest BCUT2D eigenvalue weighted by Gasteiger charge is 2.04. The lowest BCUT2D eigenvalue weighted by molar-refractivity contribution is 0.265. The summed E-state index contributed by atoms with van der Waals surface area (Å²) in [6.07, 6.45) is 0. The van der Waals surface area contributed by atoms with Gasteiger partial charge >= 0.3 is 0 Å². The van der Waals surface area contributed by atoms with Crippen LogP contribution in [0.4, 0.5) is 4.39 Å². The van der Waals surface area contributed by atoms with E-state index in [1.807, 2.05) is 0 Å². The Labute approximate surface area is 90.4 Å². The molecule has 0 spiro atoms. The molecule has 0 heterocycles. The minimum atomic E-state index is -0.240. The molecule has 0 aromatic heterocycles.